The van der Waals surface area contributed by atoms with E-state index in [1.807, 2.05) is 49.2 Å². The van der Waals surface area contributed by atoms with Crippen molar-refractivity contribution in [2.24, 2.45) is 0 Å². The molecule has 0 unspecified atom stereocenters. The molecule has 0 bridgehead atoms. The zero-order valence-electron chi connectivity index (χ0n) is 14.4. The molecule has 1 aliphatic heterocycles. The van der Waals surface area contributed by atoms with Gasteiger partial charge in [-0.2, -0.15) is 0 Å². The van der Waals surface area contributed by atoms with Crippen molar-refractivity contribution in [2.45, 2.75) is 45.1 Å². The van der Waals surface area contributed by atoms with Gasteiger partial charge in [-0.15, -0.1) is 0 Å². The molecule has 5 heteroatoms. The standard InChI is InChI=1S/C19H25N3O2/c1-3-16(24-17-9-5-4-7-14(17)2)19(23)22-12-6-8-15(13-22)18-20-10-11-21-18/h4-5,7,9-11,15-16H,3,6,8,12-13H2,1-2H3,(H,20,21)/t15-,16-/m1/s1. The predicted octanol–water partition coefficient (Wildman–Crippen LogP) is 3.28. The number of rotatable bonds is 5. The molecule has 2 atom stereocenters. The maximum atomic E-state index is 12.9. The molecule has 24 heavy (non-hydrogen) atoms. The van der Waals surface area contributed by atoms with Crippen molar-refractivity contribution in [3.63, 3.8) is 0 Å². The molecule has 0 spiro atoms. The van der Waals surface area contributed by atoms with Crippen molar-refractivity contribution in [3.05, 3.63) is 48.0 Å². The number of H-pyrrole nitrogens is 1. The number of imidazole rings is 1. The maximum absolute atomic E-state index is 12.9. The van der Waals surface area contributed by atoms with E-state index in [-0.39, 0.29) is 11.8 Å². The number of aryl methyl sites for hydroxylation is 1. The number of aromatic nitrogens is 2. The Morgan fingerprint density at radius 2 is 2.29 bits per heavy atom. The van der Waals surface area contributed by atoms with Crippen LogP contribution in [-0.2, 0) is 4.79 Å². The highest BCUT2D eigenvalue weighted by Gasteiger charge is 2.30. The van der Waals surface area contributed by atoms with E-state index in [0.29, 0.717) is 13.0 Å². The lowest BCUT2D eigenvalue weighted by Crippen LogP contribution is -2.46. The SMILES string of the molecule is CC[C@@H](Oc1ccccc1C)C(=O)N1CCC[C@@H](c2ncc[nH]2)C1. The Balaban J connectivity index is 1.68. The number of hydrogen-bond donors (Lipinski definition) is 1. The third-order valence-electron chi connectivity index (χ3n) is 4.65. The predicted molar refractivity (Wildman–Crippen MR) is 93.0 cm³/mol. The molecule has 1 N–H and O–H groups in total. The molecule has 0 aliphatic carbocycles. The first-order valence-electron chi connectivity index (χ1n) is 8.69. The first kappa shape index (κ1) is 16.6. The Morgan fingerprint density at radius 1 is 1.46 bits per heavy atom. The number of piperidine rings is 1. The Labute approximate surface area is 143 Å². The van der Waals surface area contributed by atoms with Gasteiger partial charge >= 0.3 is 0 Å². The van der Waals surface area contributed by atoms with Crippen molar-refractivity contribution in [3.8, 4) is 5.75 Å². The molecule has 3 rings (SSSR count). The van der Waals surface area contributed by atoms with Gasteiger partial charge in [0.2, 0.25) is 0 Å². The van der Waals surface area contributed by atoms with Gasteiger partial charge in [0, 0.05) is 31.4 Å². The van der Waals surface area contributed by atoms with Crippen LogP contribution in [-0.4, -0.2) is 40.0 Å². The van der Waals surface area contributed by atoms with E-state index in [1.54, 1.807) is 6.20 Å². The summed E-state index contributed by atoms with van der Waals surface area (Å²) in [5, 5.41) is 0. The molecule has 1 fully saturated rings. The summed E-state index contributed by atoms with van der Waals surface area (Å²) in [6.07, 6.45) is 5.90. The van der Waals surface area contributed by atoms with Gasteiger partial charge in [-0.1, -0.05) is 25.1 Å². The van der Waals surface area contributed by atoms with Crippen LogP contribution in [0, 0.1) is 6.92 Å². The zero-order chi connectivity index (χ0) is 16.9. The molecule has 1 amide bonds. The number of hydrogen-bond acceptors (Lipinski definition) is 3. The minimum atomic E-state index is -0.429. The van der Waals surface area contributed by atoms with Crippen molar-refractivity contribution in [1.82, 2.24) is 14.9 Å². The Morgan fingerprint density at radius 3 is 3.00 bits per heavy atom. The van der Waals surface area contributed by atoms with Gasteiger partial charge < -0.3 is 14.6 Å². The molecule has 2 aromatic rings. The van der Waals surface area contributed by atoms with Crippen LogP contribution in [0.1, 0.15) is 43.5 Å². The van der Waals surface area contributed by atoms with E-state index in [0.717, 1.165) is 36.5 Å². The fourth-order valence-corrected chi connectivity index (χ4v) is 3.26. The molecule has 5 nitrogen and oxygen atoms in total. The summed E-state index contributed by atoms with van der Waals surface area (Å²) >= 11 is 0. The third kappa shape index (κ3) is 3.61. The van der Waals surface area contributed by atoms with Crippen LogP contribution in [0.25, 0.3) is 0 Å². The third-order valence-corrected chi connectivity index (χ3v) is 4.65. The second-order valence-electron chi connectivity index (χ2n) is 6.38. The number of likely N-dealkylation sites (tertiary alicyclic amines) is 1. The zero-order valence-corrected chi connectivity index (χ0v) is 14.4. The Hall–Kier alpha value is -2.30. The molecular formula is C19H25N3O2. The topological polar surface area (TPSA) is 58.2 Å². The number of carbonyl (C=O) groups is 1. The minimum absolute atomic E-state index is 0.0806. The summed E-state index contributed by atoms with van der Waals surface area (Å²) in [6, 6.07) is 7.84. The van der Waals surface area contributed by atoms with Crippen LogP contribution >= 0.6 is 0 Å². The fourth-order valence-electron chi connectivity index (χ4n) is 3.26. The average molecular weight is 327 g/mol. The lowest BCUT2D eigenvalue weighted by Gasteiger charge is -2.34. The highest BCUT2D eigenvalue weighted by molar-refractivity contribution is 5.81. The fraction of sp³-hybridized carbons (Fsp3) is 0.474. The number of nitrogens with one attached hydrogen (secondary N) is 1. The maximum Gasteiger partial charge on any atom is 0.263 e. The van der Waals surface area contributed by atoms with Crippen LogP contribution in [0.3, 0.4) is 0 Å². The number of aromatic amines is 1. The van der Waals surface area contributed by atoms with Gasteiger partial charge in [0.1, 0.15) is 11.6 Å². The molecule has 1 aliphatic rings. The number of ether oxygens (including phenoxy) is 1. The normalized spacial score (nSPS) is 19.1. The first-order valence-corrected chi connectivity index (χ1v) is 8.69. The molecule has 0 radical (unpaired) electrons. The van der Waals surface area contributed by atoms with Gasteiger partial charge in [-0.25, -0.2) is 4.98 Å². The largest absolute Gasteiger partial charge is 0.480 e. The monoisotopic (exact) mass is 327 g/mol. The second kappa shape index (κ2) is 7.51. The van der Waals surface area contributed by atoms with Crippen molar-refractivity contribution < 1.29 is 9.53 Å². The first-order chi connectivity index (χ1) is 11.7. The van der Waals surface area contributed by atoms with E-state index in [2.05, 4.69) is 9.97 Å². The minimum Gasteiger partial charge on any atom is -0.480 e. The molecule has 0 saturated carbocycles. The number of nitrogens with zero attached hydrogens (tertiary/aromatic N) is 2. The van der Waals surface area contributed by atoms with Crippen molar-refractivity contribution >= 4 is 5.91 Å². The summed E-state index contributed by atoms with van der Waals surface area (Å²) in [5.74, 6) is 2.13. The second-order valence-corrected chi connectivity index (χ2v) is 6.38. The summed E-state index contributed by atoms with van der Waals surface area (Å²) in [7, 11) is 0. The van der Waals surface area contributed by atoms with Gasteiger partial charge in [0.15, 0.2) is 6.10 Å². The lowest BCUT2D eigenvalue weighted by molar-refractivity contribution is -0.140. The van der Waals surface area contributed by atoms with Crippen LogP contribution in [0.2, 0.25) is 0 Å². The summed E-state index contributed by atoms with van der Waals surface area (Å²) < 4.78 is 6.02. The summed E-state index contributed by atoms with van der Waals surface area (Å²) in [5.41, 5.74) is 1.05. The molecule has 1 saturated heterocycles. The molecule has 128 valence electrons. The molecule has 1 aromatic carbocycles. The van der Waals surface area contributed by atoms with E-state index in [4.69, 9.17) is 4.74 Å². The average Bonchev–Trinajstić information content (AvgIpc) is 3.15. The van der Waals surface area contributed by atoms with Gasteiger partial charge in [-0.3, -0.25) is 4.79 Å². The number of carbonyl (C=O) groups excluding carboxylic acids is 1. The van der Waals surface area contributed by atoms with Crippen LogP contribution in [0.4, 0.5) is 0 Å². The van der Waals surface area contributed by atoms with Crippen LogP contribution in [0.15, 0.2) is 36.7 Å². The van der Waals surface area contributed by atoms with Gasteiger partial charge in [-0.05, 0) is 37.8 Å². The molecule has 2 heterocycles. The number of para-hydroxylation sites is 1. The highest BCUT2D eigenvalue weighted by Crippen LogP contribution is 2.26. The quantitative estimate of drug-likeness (QED) is 0.917. The van der Waals surface area contributed by atoms with E-state index in [9.17, 15) is 4.79 Å². The number of amides is 1. The Kier molecular flexibility index (Phi) is 5.18. The Bertz CT molecular complexity index is 669. The van der Waals surface area contributed by atoms with Gasteiger partial charge in [0.05, 0.1) is 0 Å². The van der Waals surface area contributed by atoms with E-state index in [1.165, 1.54) is 0 Å². The lowest BCUT2D eigenvalue weighted by atomic mass is 9.97. The summed E-state index contributed by atoms with van der Waals surface area (Å²) in [4.78, 5) is 22.4. The van der Waals surface area contributed by atoms with Crippen LogP contribution < -0.4 is 4.74 Å². The van der Waals surface area contributed by atoms with E-state index >= 15 is 0 Å². The highest BCUT2D eigenvalue weighted by atomic mass is 16.5. The molecule has 1 aromatic heterocycles. The van der Waals surface area contributed by atoms with Crippen molar-refractivity contribution in [2.75, 3.05) is 13.1 Å². The van der Waals surface area contributed by atoms with Crippen molar-refractivity contribution in [1.29, 1.82) is 0 Å². The molecular weight excluding hydrogens is 302 g/mol. The summed E-state index contributed by atoms with van der Waals surface area (Å²) in [6.45, 7) is 5.50. The van der Waals surface area contributed by atoms with E-state index < -0.39 is 6.10 Å². The number of benzene rings is 1. The smallest absolute Gasteiger partial charge is 0.263 e. The van der Waals surface area contributed by atoms with Crippen LogP contribution in [0.5, 0.6) is 5.75 Å². The van der Waals surface area contributed by atoms with Gasteiger partial charge in [0.25, 0.3) is 5.91 Å².